The van der Waals surface area contributed by atoms with Crippen LogP contribution in [0.1, 0.15) is 29.8 Å². The summed E-state index contributed by atoms with van der Waals surface area (Å²) in [5.41, 5.74) is 1.79. The number of carbonyl (C=O) groups excluding carboxylic acids is 1. The average molecular weight is 313 g/mol. The number of nitrogens with zero attached hydrogens (tertiary/aromatic N) is 1. The molecular weight excluding hydrogens is 292 g/mol. The molecular formula is C14H21BrN2O. The molecule has 3 nitrogen and oxygen atoms in total. The van der Waals surface area contributed by atoms with Crippen LogP contribution in [0.3, 0.4) is 0 Å². The normalized spacial score (nSPS) is 10.7. The van der Waals surface area contributed by atoms with E-state index in [1.807, 2.05) is 25.1 Å². The van der Waals surface area contributed by atoms with E-state index in [9.17, 15) is 4.79 Å². The predicted octanol–water partition coefficient (Wildman–Crippen LogP) is 2.83. The molecule has 1 N–H and O–H groups in total. The van der Waals surface area contributed by atoms with Crippen LogP contribution < -0.4 is 5.32 Å². The third-order valence-electron chi connectivity index (χ3n) is 2.97. The summed E-state index contributed by atoms with van der Waals surface area (Å²) in [7, 11) is 0. The molecule has 1 rings (SSSR count). The fourth-order valence-corrected chi connectivity index (χ4v) is 2.20. The summed E-state index contributed by atoms with van der Waals surface area (Å²) in [6.45, 7) is 9.84. The molecule has 0 aliphatic rings. The topological polar surface area (TPSA) is 32.3 Å². The zero-order chi connectivity index (χ0) is 13.5. The third kappa shape index (κ3) is 4.42. The average Bonchev–Trinajstić information content (AvgIpc) is 2.37. The van der Waals surface area contributed by atoms with E-state index in [1.165, 1.54) is 0 Å². The highest BCUT2D eigenvalue weighted by Gasteiger charge is 2.09. The maximum absolute atomic E-state index is 12.0. The smallest absolute Gasteiger partial charge is 0.252 e. The number of hydrogen-bond donors (Lipinski definition) is 1. The largest absolute Gasteiger partial charge is 0.351 e. The lowest BCUT2D eigenvalue weighted by Crippen LogP contribution is -2.34. The van der Waals surface area contributed by atoms with Crippen molar-refractivity contribution in [1.29, 1.82) is 0 Å². The van der Waals surface area contributed by atoms with Gasteiger partial charge in [-0.15, -0.1) is 0 Å². The standard InChI is InChI=1S/C14H21BrN2O/c1-4-17(5-2)9-8-16-14(18)12-10-11(3)6-7-13(12)15/h6-7,10H,4-5,8-9H2,1-3H3,(H,16,18). The third-order valence-corrected chi connectivity index (χ3v) is 3.67. The first kappa shape index (κ1) is 15.2. The van der Waals surface area contributed by atoms with Gasteiger partial charge in [0.1, 0.15) is 0 Å². The molecule has 0 spiro atoms. The molecule has 100 valence electrons. The van der Waals surface area contributed by atoms with Crippen LogP contribution in [0.2, 0.25) is 0 Å². The van der Waals surface area contributed by atoms with Crippen molar-refractivity contribution >= 4 is 21.8 Å². The molecule has 0 aliphatic carbocycles. The molecule has 4 heteroatoms. The van der Waals surface area contributed by atoms with Crippen molar-refractivity contribution < 1.29 is 4.79 Å². The van der Waals surface area contributed by atoms with Crippen LogP contribution in [0, 0.1) is 6.92 Å². The Labute approximate surface area is 118 Å². The molecule has 0 saturated carbocycles. The van der Waals surface area contributed by atoms with Gasteiger partial charge in [-0.05, 0) is 48.1 Å². The second-order valence-corrected chi connectivity index (χ2v) is 5.12. The number of nitrogens with one attached hydrogen (secondary N) is 1. The van der Waals surface area contributed by atoms with Gasteiger partial charge in [0, 0.05) is 17.6 Å². The monoisotopic (exact) mass is 312 g/mol. The van der Waals surface area contributed by atoms with Crippen LogP contribution in [0.4, 0.5) is 0 Å². The Hall–Kier alpha value is -0.870. The fourth-order valence-electron chi connectivity index (χ4n) is 1.78. The van der Waals surface area contributed by atoms with Crippen LogP contribution >= 0.6 is 15.9 Å². The van der Waals surface area contributed by atoms with E-state index in [0.717, 1.165) is 29.7 Å². The molecule has 0 saturated heterocycles. The molecule has 0 atom stereocenters. The van der Waals surface area contributed by atoms with Crippen molar-refractivity contribution in [2.75, 3.05) is 26.2 Å². The van der Waals surface area contributed by atoms with Gasteiger partial charge in [0.25, 0.3) is 5.91 Å². The molecule has 0 fully saturated rings. The van der Waals surface area contributed by atoms with Gasteiger partial charge in [-0.3, -0.25) is 4.79 Å². The summed E-state index contributed by atoms with van der Waals surface area (Å²) < 4.78 is 0.841. The maximum Gasteiger partial charge on any atom is 0.252 e. The van der Waals surface area contributed by atoms with Crippen LogP contribution in [-0.2, 0) is 0 Å². The van der Waals surface area contributed by atoms with Gasteiger partial charge in [0.15, 0.2) is 0 Å². The summed E-state index contributed by atoms with van der Waals surface area (Å²) in [6.07, 6.45) is 0. The van der Waals surface area contributed by atoms with Gasteiger partial charge in [-0.2, -0.15) is 0 Å². The quantitative estimate of drug-likeness (QED) is 0.876. The van der Waals surface area contributed by atoms with Crippen molar-refractivity contribution in [3.8, 4) is 0 Å². The Morgan fingerprint density at radius 1 is 1.33 bits per heavy atom. The van der Waals surface area contributed by atoms with E-state index in [-0.39, 0.29) is 5.91 Å². The Morgan fingerprint density at radius 2 is 2.00 bits per heavy atom. The fraction of sp³-hybridized carbons (Fsp3) is 0.500. The zero-order valence-electron chi connectivity index (χ0n) is 11.3. The van der Waals surface area contributed by atoms with E-state index >= 15 is 0 Å². The van der Waals surface area contributed by atoms with E-state index in [0.29, 0.717) is 12.1 Å². The van der Waals surface area contributed by atoms with Crippen molar-refractivity contribution in [2.45, 2.75) is 20.8 Å². The minimum Gasteiger partial charge on any atom is -0.351 e. The highest BCUT2D eigenvalue weighted by molar-refractivity contribution is 9.10. The lowest BCUT2D eigenvalue weighted by Gasteiger charge is -2.18. The number of carbonyl (C=O) groups is 1. The Kier molecular flexibility index (Phi) is 6.36. The molecule has 0 bridgehead atoms. The first-order valence-electron chi connectivity index (χ1n) is 6.35. The predicted molar refractivity (Wildman–Crippen MR) is 79.0 cm³/mol. The number of amides is 1. The Morgan fingerprint density at radius 3 is 2.61 bits per heavy atom. The van der Waals surface area contributed by atoms with Gasteiger partial charge in [0.05, 0.1) is 5.56 Å². The lowest BCUT2D eigenvalue weighted by atomic mass is 10.1. The van der Waals surface area contributed by atoms with Gasteiger partial charge in [-0.1, -0.05) is 25.5 Å². The number of rotatable bonds is 6. The molecule has 0 aliphatic heterocycles. The maximum atomic E-state index is 12.0. The summed E-state index contributed by atoms with van der Waals surface area (Å²) in [5, 5.41) is 2.96. The number of aryl methyl sites for hydroxylation is 1. The number of hydrogen-bond acceptors (Lipinski definition) is 2. The van der Waals surface area contributed by atoms with Crippen molar-refractivity contribution in [2.24, 2.45) is 0 Å². The van der Waals surface area contributed by atoms with Crippen LogP contribution in [0.25, 0.3) is 0 Å². The van der Waals surface area contributed by atoms with Crippen molar-refractivity contribution in [3.63, 3.8) is 0 Å². The Balaban J connectivity index is 2.53. The Bertz CT molecular complexity index is 403. The highest BCUT2D eigenvalue weighted by Crippen LogP contribution is 2.17. The van der Waals surface area contributed by atoms with Crippen LogP contribution in [0.15, 0.2) is 22.7 Å². The van der Waals surface area contributed by atoms with Crippen molar-refractivity contribution in [1.82, 2.24) is 10.2 Å². The van der Waals surface area contributed by atoms with Gasteiger partial charge in [-0.25, -0.2) is 0 Å². The lowest BCUT2D eigenvalue weighted by molar-refractivity contribution is 0.0948. The second kappa shape index (κ2) is 7.54. The van der Waals surface area contributed by atoms with Gasteiger partial charge < -0.3 is 10.2 Å². The van der Waals surface area contributed by atoms with Crippen molar-refractivity contribution in [3.05, 3.63) is 33.8 Å². The van der Waals surface area contributed by atoms with E-state index in [1.54, 1.807) is 0 Å². The molecule has 0 unspecified atom stereocenters. The SMILES string of the molecule is CCN(CC)CCNC(=O)c1cc(C)ccc1Br. The second-order valence-electron chi connectivity index (χ2n) is 4.27. The first-order valence-corrected chi connectivity index (χ1v) is 7.14. The van der Waals surface area contributed by atoms with Crippen LogP contribution in [-0.4, -0.2) is 37.0 Å². The zero-order valence-corrected chi connectivity index (χ0v) is 12.9. The minimum absolute atomic E-state index is 0.0160. The summed E-state index contributed by atoms with van der Waals surface area (Å²) in [4.78, 5) is 14.3. The highest BCUT2D eigenvalue weighted by atomic mass is 79.9. The van der Waals surface area contributed by atoms with Crippen LogP contribution in [0.5, 0.6) is 0 Å². The summed E-state index contributed by atoms with van der Waals surface area (Å²) in [5.74, 6) is -0.0160. The number of benzene rings is 1. The van der Waals surface area contributed by atoms with Gasteiger partial charge >= 0.3 is 0 Å². The molecule has 0 radical (unpaired) electrons. The molecule has 0 heterocycles. The molecule has 0 aromatic heterocycles. The number of halogens is 1. The molecule has 1 aromatic carbocycles. The van der Waals surface area contributed by atoms with Gasteiger partial charge in [0.2, 0.25) is 0 Å². The molecule has 1 aromatic rings. The number of likely N-dealkylation sites (N-methyl/N-ethyl adjacent to an activating group) is 1. The molecule has 18 heavy (non-hydrogen) atoms. The van der Waals surface area contributed by atoms with E-state index in [4.69, 9.17) is 0 Å². The molecule has 1 amide bonds. The minimum atomic E-state index is -0.0160. The summed E-state index contributed by atoms with van der Waals surface area (Å²) >= 11 is 3.41. The summed E-state index contributed by atoms with van der Waals surface area (Å²) in [6, 6.07) is 5.79. The van der Waals surface area contributed by atoms with E-state index < -0.39 is 0 Å². The first-order chi connectivity index (χ1) is 8.58. The van der Waals surface area contributed by atoms with E-state index in [2.05, 4.69) is 40.0 Å².